The summed E-state index contributed by atoms with van der Waals surface area (Å²) in [5.74, 6) is 0.427. The fourth-order valence-corrected chi connectivity index (χ4v) is 2.89. The number of rotatable bonds is 3. The number of esters is 1. The molecule has 3 nitrogen and oxygen atoms in total. The molecule has 0 saturated heterocycles. The number of ether oxygens (including phenoxy) is 1. The SMILES string of the molecule is COC(=O)C1=C(O[Si](C)(C)C)c2ccccc2C1. The third-order valence-corrected chi connectivity index (χ3v) is 3.56. The van der Waals surface area contributed by atoms with E-state index in [0.29, 0.717) is 12.0 Å². The molecule has 0 aromatic heterocycles. The van der Waals surface area contributed by atoms with E-state index >= 15 is 0 Å². The highest BCUT2D eigenvalue weighted by atomic mass is 28.4. The fraction of sp³-hybridized carbons (Fsp3) is 0.357. The van der Waals surface area contributed by atoms with Gasteiger partial charge in [-0.1, -0.05) is 24.3 Å². The molecule has 0 bridgehead atoms. The first-order chi connectivity index (χ1) is 8.42. The minimum Gasteiger partial charge on any atom is -0.544 e. The Morgan fingerprint density at radius 3 is 2.50 bits per heavy atom. The lowest BCUT2D eigenvalue weighted by Gasteiger charge is -2.21. The molecule has 1 aliphatic carbocycles. The van der Waals surface area contributed by atoms with Crippen LogP contribution in [0.1, 0.15) is 11.1 Å². The van der Waals surface area contributed by atoms with Crippen molar-refractivity contribution in [3.63, 3.8) is 0 Å². The van der Waals surface area contributed by atoms with Crippen molar-refractivity contribution in [3.05, 3.63) is 41.0 Å². The topological polar surface area (TPSA) is 35.5 Å². The van der Waals surface area contributed by atoms with Crippen LogP contribution in [0.2, 0.25) is 19.6 Å². The van der Waals surface area contributed by atoms with Crippen LogP contribution < -0.4 is 0 Å². The number of methoxy groups -OCH3 is 1. The van der Waals surface area contributed by atoms with Crippen molar-refractivity contribution in [1.82, 2.24) is 0 Å². The lowest BCUT2D eigenvalue weighted by Crippen LogP contribution is -2.25. The van der Waals surface area contributed by atoms with Gasteiger partial charge in [0, 0.05) is 12.0 Å². The van der Waals surface area contributed by atoms with Gasteiger partial charge in [0.05, 0.1) is 12.7 Å². The van der Waals surface area contributed by atoms with E-state index in [4.69, 9.17) is 9.16 Å². The summed E-state index contributed by atoms with van der Waals surface area (Å²) < 4.78 is 10.9. The number of hydrogen-bond acceptors (Lipinski definition) is 3. The molecule has 18 heavy (non-hydrogen) atoms. The zero-order chi connectivity index (χ0) is 13.3. The van der Waals surface area contributed by atoms with Crippen LogP contribution in [0.25, 0.3) is 5.76 Å². The van der Waals surface area contributed by atoms with Gasteiger partial charge in [-0.05, 0) is 25.2 Å². The first-order valence-electron chi connectivity index (χ1n) is 6.01. The zero-order valence-corrected chi connectivity index (χ0v) is 12.2. The van der Waals surface area contributed by atoms with E-state index in [1.165, 1.54) is 7.11 Å². The lowest BCUT2D eigenvalue weighted by molar-refractivity contribution is -0.136. The Balaban J connectivity index is 2.46. The highest BCUT2D eigenvalue weighted by molar-refractivity contribution is 6.70. The van der Waals surface area contributed by atoms with Gasteiger partial charge in [0.15, 0.2) is 0 Å². The van der Waals surface area contributed by atoms with Gasteiger partial charge in [-0.15, -0.1) is 0 Å². The second-order valence-corrected chi connectivity index (χ2v) is 9.78. The largest absolute Gasteiger partial charge is 0.544 e. The molecule has 0 unspecified atom stereocenters. The molecule has 4 heteroatoms. The first-order valence-corrected chi connectivity index (χ1v) is 9.42. The average molecular weight is 262 g/mol. The predicted molar refractivity (Wildman–Crippen MR) is 73.5 cm³/mol. The normalized spacial score (nSPS) is 14.4. The maximum Gasteiger partial charge on any atom is 0.337 e. The highest BCUT2D eigenvalue weighted by Gasteiger charge is 2.31. The van der Waals surface area contributed by atoms with Crippen LogP contribution in [-0.2, 0) is 20.4 Å². The van der Waals surface area contributed by atoms with Gasteiger partial charge in [0.25, 0.3) is 0 Å². The van der Waals surface area contributed by atoms with Crippen molar-refractivity contribution in [2.24, 2.45) is 0 Å². The van der Waals surface area contributed by atoms with Crippen molar-refractivity contribution < 1.29 is 14.0 Å². The molecule has 96 valence electrons. The van der Waals surface area contributed by atoms with E-state index in [2.05, 4.69) is 19.6 Å². The molecule has 0 heterocycles. The van der Waals surface area contributed by atoms with Crippen LogP contribution >= 0.6 is 0 Å². The highest BCUT2D eigenvalue weighted by Crippen LogP contribution is 2.35. The van der Waals surface area contributed by atoms with Crippen LogP contribution in [0, 0.1) is 0 Å². The molecule has 0 spiro atoms. The Morgan fingerprint density at radius 2 is 1.89 bits per heavy atom. The summed E-state index contributed by atoms with van der Waals surface area (Å²) in [5.41, 5.74) is 2.80. The predicted octanol–water partition coefficient (Wildman–Crippen LogP) is 2.98. The summed E-state index contributed by atoms with van der Waals surface area (Å²) in [6.07, 6.45) is 0.600. The van der Waals surface area contributed by atoms with Crippen molar-refractivity contribution in [2.75, 3.05) is 7.11 Å². The molecular formula is C14H18O3Si. The monoisotopic (exact) mass is 262 g/mol. The molecule has 0 aliphatic heterocycles. The molecule has 0 radical (unpaired) electrons. The second-order valence-electron chi connectivity index (χ2n) is 5.35. The quantitative estimate of drug-likeness (QED) is 0.620. The van der Waals surface area contributed by atoms with Gasteiger partial charge in [-0.3, -0.25) is 0 Å². The molecule has 2 rings (SSSR count). The van der Waals surface area contributed by atoms with Crippen LogP contribution in [-0.4, -0.2) is 21.4 Å². The minimum atomic E-state index is -1.76. The second kappa shape index (κ2) is 4.61. The van der Waals surface area contributed by atoms with Gasteiger partial charge >= 0.3 is 5.97 Å². The van der Waals surface area contributed by atoms with E-state index in [9.17, 15) is 4.79 Å². The average Bonchev–Trinajstić information content (AvgIpc) is 2.65. The van der Waals surface area contributed by atoms with Crippen LogP contribution in [0.4, 0.5) is 0 Å². The maximum absolute atomic E-state index is 11.8. The van der Waals surface area contributed by atoms with Crippen molar-refractivity contribution in [2.45, 2.75) is 26.1 Å². The molecule has 1 aromatic carbocycles. The molecule has 0 atom stereocenters. The van der Waals surface area contributed by atoms with E-state index in [-0.39, 0.29) is 5.97 Å². The summed E-state index contributed by atoms with van der Waals surface area (Å²) in [6, 6.07) is 7.97. The Bertz CT molecular complexity index is 512. The fourth-order valence-electron chi connectivity index (χ4n) is 2.04. The Morgan fingerprint density at radius 1 is 1.22 bits per heavy atom. The van der Waals surface area contributed by atoms with Gasteiger partial charge in [0.2, 0.25) is 8.32 Å². The van der Waals surface area contributed by atoms with Gasteiger partial charge < -0.3 is 9.16 Å². The minimum absolute atomic E-state index is 0.292. The molecule has 1 aromatic rings. The number of carbonyl (C=O) groups is 1. The van der Waals surface area contributed by atoms with E-state index in [1.807, 2.05) is 24.3 Å². The van der Waals surface area contributed by atoms with Crippen molar-refractivity contribution >= 4 is 20.0 Å². The van der Waals surface area contributed by atoms with E-state index < -0.39 is 8.32 Å². The summed E-state index contributed by atoms with van der Waals surface area (Å²) in [7, 11) is -0.350. The Labute approximate surface area is 109 Å². The number of benzene rings is 1. The van der Waals surface area contributed by atoms with Crippen LogP contribution in [0.15, 0.2) is 29.8 Å². The van der Waals surface area contributed by atoms with Crippen molar-refractivity contribution in [3.8, 4) is 0 Å². The summed E-state index contributed by atoms with van der Waals surface area (Å²) in [6.45, 7) is 6.32. The summed E-state index contributed by atoms with van der Waals surface area (Å²) >= 11 is 0. The van der Waals surface area contributed by atoms with Crippen molar-refractivity contribution in [1.29, 1.82) is 0 Å². The van der Waals surface area contributed by atoms with Gasteiger partial charge in [-0.25, -0.2) is 4.79 Å². The molecule has 0 amide bonds. The zero-order valence-electron chi connectivity index (χ0n) is 11.2. The Hall–Kier alpha value is -1.55. The summed E-state index contributed by atoms with van der Waals surface area (Å²) in [5, 5.41) is 0. The van der Waals surface area contributed by atoms with Gasteiger partial charge in [0.1, 0.15) is 5.76 Å². The third-order valence-electron chi connectivity index (χ3n) is 2.74. The molecule has 0 fully saturated rings. The number of fused-ring (bicyclic) bond motifs is 1. The number of carbonyl (C=O) groups excluding carboxylic acids is 1. The van der Waals surface area contributed by atoms with Crippen LogP contribution in [0.5, 0.6) is 0 Å². The maximum atomic E-state index is 11.8. The summed E-state index contributed by atoms with van der Waals surface area (Å²) in [4.78, 5) is 11.8. The van der Waals surface area contributed by atoms with E-state index in [0.717, 1.165) is 16.9 Å². The molecule has 0 saturated carbocycles. The Kier molecular flexibility index (Phi) is 3.30. The molecule has 1 aliphatic rings. The number of hydrogen-bond donors (Lipinski definition) is 0. The first kappa shape index (κ1) is 12.9. The van der Waals surface area contributed by atoms with Crippen LogP contribution in [0.3, 0.4) is 0 Å². The smallest absolute Gasteiger partial charge is 0.337 e. The standard InChI is InChI=1S/C14H18O3Si/c1-16-14(15)12-9-10-7-5-6-8-11(10)13(12)17-18(2,3)4/h5-8H,9H2,1-4H3. The lowest BCUT2D eigenvalue weighted by atomic mass is 10.1. The molecule has 0 N–H and O–H groups in total. The van der Waals surface area contributed by atoms with E-state index in [1.54, 1.807) is 0 Å². The molecular weight excluding hydrogens is 244 g/mol. The third kappa shape index (κ3) is 2.48. The van der Waals surface area contributed by atoms with Gasteiger partial charge in [-0.2, -0.15) is 0 Å².